The first-order valence-electron chi connectivity index (χ1n) is 6.21. The first kappa shape index (κ1) is 12.1. The van der Waals surface area contributed by atoms with Crippen LogP contribution in [0.4, 0.5) is 0 Å². The Morgan fingerprint density at radius 2 is 2.00 bits per heavy atom. The van der Waals surface area contributed by atoms with Crippen LogP contribution in [0.2, 0.25) is 0 Å². The number of hydrogen-bond acceptors (Lipinski definition) is 2. The lowest BCUT2D eigenvalue weighted by Crippen LogP contribution is -2.39. The van der Waals surface area contributed by atoms with Crippen molar-refractivity contribution in [2.75, 3.05) is 13.1 Å². The molecule has 1 saturated heterocycles. The number of carbonyl (C=O) groups excluding carboxylic acids is 1. The molecular weight excluding hydrogens is 212 g/mol. The van der Waals surface area contributed by atoms with E-state index in [9.17, 15) is 4.79 Å². The van der Waals surface area contributed by atoms with Gasteiger partial charge in [0.2, 0.25) is 0 Å². The lowest BCUT2D eigenvalue weighted by molar-refractivity contribution is 0.0741. The van der Waals surface area contributed by atoms with Gasteiger partial charge in [-0.3, -0.25) is 4.79 Å². The maximum absolute atomic E-state index is 12.4. The number of amides is 1. The minimum Gasteiger partial charge on any atom is -0.334 e. The molecule has 1 aliphatic heterocycles. The molecule has 1 heterocycles. The second-order valence-electron chi connectivity index (χ2n) is 4.91. The average Bonchev–Trinajstić information content (AvgIpc) is 2.74. The second-order valence-corrected chi connectivity index (χ2v) is 4.91. The Hall–Kier alpha value is -1.35. The van der Waals surface area contributed by atoms with Gasteiger partial charge < -0.3 is 10.6 Å². The molecule has 0 unspecified atom stereocenters. The van der Waals surface area contributed by atoms with Crippen LogP contribution in [0.1, 0.15) is 34.3 Å². The van der Waals surface area contributed by atoms with Crippen molar-refractivity contribution in [3.8, 4) is 0 Å². The SMILES string of the molecule is Cc1cc(C)cc(C(=O)N2CCC[C@H]2CN)c1. The van der Waals surface area contributed by atoms with Gasteiger partial charge in [-0.05, 0) is 38.8 Å². The summed E-state index contributed by atoms with van der Waals surface area (Å²) < 4.78 is 0. The number of carbonyl (C=O) groups is 1. The van der Waals surface area contributed by atoms with Crippen LogP contribution in [0.25, 0.3) is 0 Å². The van der Waals surface area contributed by atoms with Crippen LogP contribution in [-0.2, 0) is 0 Å². The summed E-state index contributed by atoms with van der Waals surface area (Å²) in [6.45, 7) is 5.45. The first-order chi connectivity index (χ1) is 8.11. The molecular formula is C14H20N2O. The summed E-state index contributed by atoms with van der Waals surface area (Å²) >= 11 is 0. The number of hydrogen-bond donors (Lipinski definition) is 1. The molecule has 0 aromatic heterocycles. The maximum atomic E-state index is 12.4. The van der Waals surface area contributed by atoms with E-state index >= 15 is 0 Å². The summed E-state index contributed by atoms with van der Waals surface area (Å²) in [5.41, 5.74) is 8.77. The van der Waals surface area contributed by atoms with E-state index in [-0.39, 0.29) is 11.9 Å². The molecule has 1 fully saturated rings. The fourth-order valence-electron chi connectivity index (χ4n) is 2.61. The predicted molar refractivity (Wildman–Crippen MR) is 69.0 cm³/mol. The van der Waals surface area contributed by atoms with E-state index in [1.807, 2.05) is 30.9 Å². The number of benzene rings is 1. The van der Waals surface area contributed by atoms with Crippen molar-refractivity contribution in [3.05, 3.63) is 34.9 Å². The van der Waals surface area contributed by atoms with Crippen LogP contribution in [0.15, 0.2) is 18.2 Å². The molecule has 1 atom stereocenters. The Kier molecular flexibility index (Phi) is 3.48. The molecule has 0 spiro atoms. The fourth-order valence-corrected chi connectivity index (χ4v) is 2.61. The highest BCUT2D eigenvalue weighted by Gasteiger charge is 2.28. The van der Waals surface area contributed by atoms with Gasteiger partial charge in [-0.15, -0.1) is 0 Å². The molecule has 0 bridgehead atoms. The van der Waals surface area contributed by atoms with Crippen LogP contribution in [-0.4, -0.2) is 29.9 Å². The van der Waals surface area contributed by atoms with Crippen LogP contribution in [0.5, 0.6) is 0 Å². The minimum absolute atomic E-state index is 0.129. The molecule has 1 amide bonds. The largest absolute Gasteiger partial charge is 0.334 e. The fraction of sp³-hybridized carbons (Fsp3) is 0.500. The van der Waals surface area contributed by atoms with Crippen molar-refractivity contribution in [3.63, 3.8) is 0 Å². The Labute approximate surface area is 103 Å². The first-order valence-corrected chi connectivity index (χ1v) is 6.21. The highest BCUT2D eigenvalue weighted by atomic mass is 16.2. The molecule has 2 rings (SSSR count). The molecule has 1 aliphatic rings. The summed E-state index contributed by atoms with van der Waals surface area (Å²) in [5, 5.41) is 0. The number of aryl methyl sites for hydroxylation is 2. The average molecular weight is 232 g/mol. The third-order valence-corrected chi connectivity index (χ3v) is 3.38. The van der Waals surface area contributed by atoms with Crippen LogP contribution >= 0.6 is 0 Å². The topological polar surface area (TPSA) is 46.3 Å². The quantitative estimate of drug-likeness (QED) is 0.846. The standard InChI is InChI=1S/C14H20N2O/c1-10-6-11(2)8-12(7-10)14(17)16-5-3-4-13(16)9-15/h6-8,13H,3-5,9,15H2,1-2H3/t13-/m0/s1. The highest BCUT2D eigenvalue weighted by Crippen LogP contribution is 2.20. The van der Waals surface area contributed by atoms with E-state index < -0.39 is 0 Å². The monoisotopic (exact) mass is 232 g/mol. The molecule has 17 heavy (non-hydrogen) atoms. The highest BCUT2D eigenvalue weighted by molar-refractivity contribution is 5.95. The smallest absolute Gasteiger partial charge is 0.254 e. The molecule has 3 heteroatoms. The Balaban J connectivity index is 2.24. The van der Waals surface area contributed by atoms with Crippen molar-refractivity contribution < 1.29 is 4.79 Å². The van der Waals surface area contributed by atoms with Crippen molar-refractivity contribution in [2.24, 2.45) is 5.73 Å². The summed E-state index contributed by atoms with van der Waals surface area (Å²) in [4.78, 5) is 14.3. The molecule has 92 valence electrons. The van der Waals surface area contributed by atoms with Gasteiger partial charge in [-0.1, -0.05) is 17.2 Å². The van der Waals surface area contributed by atoms with Crippen LogP contribution in [0.3, 0.4) is 0 Å². The van der Waals surface area contributed by atoms with E-state index in [1.165, 1.54) is 0 Å². The normalized spacial score (nSPS) is 19.7. The van der Waals surface area contributed by atoms with Gasteiger partial charge in [0.15, 0.2) is 0 Å². The molecule has 3 nitrogen and oxygen atoms in total. The van der Waals surface area contributed by atoms with E-state index in [0.29, 0.717) is 6.54 Å². The van der Waals surface area contributed by atoms with E-state index in [4.69, 9.17) is 5.73 Å². The maximum Gasteiger partial charge on any atom is 0.254 e. The van der Waals surface area contributed by atoms with Gasteiger partial charge >= 0.3 is 0 Å². The molecule has 0 radical (unpaired) electrons. The zero-order chi connectivity index (χ0) is 12.4. The van der Waals surface area contributed by atoms with Crippen molar-refractivity contribution >= 4 is 5.91 Å². The third kappa shape index (κ3) is 2.50. The number of nitrogens with two attached hydrogens (primary N) is 1. The van der Waals surface area contributed by atoms with E-state index in [1.54, 1.807) is 0 Å². The Morgan fingerprint density at radius 3 is 2.59 bits per heavy atom. The predicted octanol–water partition coefficient (Wildman–Crippen LogP) is 1.87. The van der Waals surface area contributed by atoms with Gasteiger partial charge in [0.05, 0.1) is 0 Å². The van der Waals surface area contributed by atoms with Crippen molar-refractivity contribution in [2.45, 2.75) is 32.7 Å². The summed E-state index contributed by atoms with van der Waals surface area (Å²) in [7, 11) is 0. The van der Waals surface area contributed by atoms with Crippen molar-refractivity contribution in [1.29, 1.82) is 0 Å². The van der Waals surface area contributed by atoms with Gasteiger partial charge in [-0.2, -0.15) is 0 Å². The van der Waals surface area contributed by atoms with Gasteiger partial charge in [-0.25, -0.2) is 0 Å². The minimum atomic E-state index is 0.129. The summed E-state index contributed by atoms with van der Waals surface area (Å²) in [6.07, 6.45) is 2.10. The zero-order valence-electron chi connectivity index (χ0n) is 10.6. The van der Waals surface area contributed by atoms with Gasteiger partial charge in [0, 0.05) is 24.7 Å². The van der Waals surface area contributed by atoms with E-state index in [0.717, 1.165) is 36.1 Å². The molecule has 0 aliphatic carbocycles. The second kappa shape index (κ2) is 4.88. The van der Waals surface area contributed by atoms with Gasteiger partial charge in [0.1, 0.15) is 0 Å². The summed E-state index contributed by atoms with van der Waals surface area (Å²) in [6, 6.07) is 6.23. The van der Waals surface area contributed by atoms with Crippen LogP contribution < -0.4 is 5.73 Å². The summed E-state index contributed by atoms with van der Waals surface area (Å²) in [5.74, 6) is 0.129. The molecule has 0 saturated carbocycles. The third-order valence-electron chi connectivity index (χ3n) is 3.38. The van der Waals surface area contributed by atoms with Crippen molar-refractivity contribution in [1.82, 2.24) is 4.90 Å². The number of likely N-dealkylation sites (tertiary alicyclic amines) is 1. The lowest BCUT2D eigenvalue weighted by atomic mass is 10.1. The molecule has 2 N–H and O–H groups in total. The molecule has 1 aromatic rings. The Morgan fingerprint density at radius 1 is 1.35 bits per heavy atom. The number of nitrogens with zero attached hydrogens (tertiary/aromatic N) is 1. The zero-order valence-corrected chi connectivity index (χ0v) is 10.6. The number of rotatable bonds is 2. The van der Waals surface area contributed by atoms with Crippen LogP contribution in [0, 0.1) is 13.8 Å². The lowest BCUT2D eigenvalue weighted by Gasteiger charge is -2.23. The Bertz CT molecular complexity index is 408. The molecule has 1 aromatic carbocycles. The van der Waals surface area contributed by atoms with E-state index in [2.05, 4.69) is 6.07 Å². The van der Waals surface area contributed by atoms with Gasteiger partial charge in [0.25, 0.3) is 5.91 Å².